The molecule has 1 N–H and O–H groups in total. The fourth-order valence-corrected chi connectivity index (χ4v) is 4.24. The Morgan fingerprint density at radius 1 is 1.14 bits per heavy atom. The van der Waals surface area contributed by atoms with Crippen LogP contribution in [0, 0.1) is 11.7 Å². The molecule has 1 aromatic carbocycles. The Morgan fingerprint density at radius 2 is 1.81 bits per heavy atom. The molecule has 1 saturated heterocycles. The second-order valence-electron chi connectivity index (χ2n) is 5.98. The minimum absolute atomic E-state index is 0. The highest BCUT2D eigenvalue weighted by Crippen LogP contribution is 2.40. The summed E-state index contributed by atoms with van der Waals surface area (Å²) in [5.74, 6) is 0.550. The van der Waals surface area contributed by atoms with Gasteiger partial charge in [0.05, 0.1) is 0 Å². The van der Waals surface area contributed by atoms with Gasteiger partial charge in [0.1, 0.15) is 5.82 Å². The maximum Gasteiger partial charge on any atom is 0.124 e. The molecule has 5 heteroatoms. The molecule has 1 aliphatic carbocycles. The molecule has 0 aromatic heterocycles. The largest absolute Gasteiger partial charge is 0.314 e. The number of nitrogens with one attached hydrogen (secondary N) is 1. The van der Waals surface area contributed by atoms with E-state index in [0.717, 1.165) is 36.2 Å². The van der Waals surface area contributed by atoms with Crippen molar-refractivity contribution >= 4 is 28.3 Å². The van der Waals surface area contributed by atoms with Crippen LogP contribution in [0.4, 0.5) is 4.39 Å². The molecule has 0 unspecified atom stereocenters. The highest BCUT2D eigenvalue weighted by atomic mass is 79.9. The lowest BCUT2D eigenvalue weighted by molar-refractivity contribution is 0.125. The predicted molar refractivity (Wildman–Crippen MR) is 90.5 cm³/mol. The van der Waals surface area contributed by atoms with E-state index in [4.69, 9.17) is 0 Å². The molecule has 0 radical (unpaired) electrons. The van der Waals surface area contributed by atoms with Crippen LogP contribution in [0.25, 0.3) is 0 Å². The Labute approximate surface area is 141 Å². The monoisotopic (exact) mass is 376 g/mol. The van der Waals surface area contributed by atoms with E-state index in [1.165, 1.54) is 25.7 Å². The summed E-state index contributed by atoms with van der Waals surface area (Å²) in [7, 11) is 0. The highest BCUT2D eigenvalue weighted by molar-refractivity contribution is 9.10. The summed E-state index contributed by atoms with van der Waals surface area (Å²) < 4.78 is 14.6. The van der Waals surface area contributed by atoms with Crippen LogP contribution in [0.1, 0.15) is 37.3 Å². The van der Waals surface area contributed by atoms with Crippen LogP contribution in [0.2, 0.25) is 0 Å². The van der Waals surface area contributed by atoms with Crippen LogP contribution in [-0.2, 0) is 0 Å². The Morgan fingerprint density at radius 3 is 2.43 bits per heavy atom. The molecule has 1 atom stereocenters. The molecule has 118 valence electrons. The summed E-state index contributed by atoms with van der Waals surface area (Å²) in [4.78, 5) is 2.55. The third-order valence-electron chi connectivity index (χ3n) is 4.62. The van der Waals surface area contributed by atoms with Crippen molar-refractivity contribution in [1.29, 1.82) is 0 Å². The predicted octanol–water partition coefficient (Wildman–Crippen LogP) is 4.15. The smallest absolute Gasteiger partial charge is 0.124 e. The third-order valence-corrected chi connectivity index (χ3v) is 5.08. The molecule has 2 nitrogen and oxygen atoms in total. The molecule has 1 aromatic rings. The lowest BCUT2D eigenvalue weighted by Gasteiger charge is -2.38. The normalized spacial score (nSPS) is 22.0. The number of benzene rings is 1. The first-order valence-corrected chi connectivity index (χ1v) is 8.44. The molecule has 0 bridgehead atoms. The van der Waals surface area contributed by atoms with Crippen molar-refractivity contribution in [3.63, 3.8) is 0 Å². The average molecular weight is 378 g/mol. The molecule has 1 aliphatic heterocycles. The molecule has 0 spiro atoms. The highest BCUT2D eigenvalue weighted by Gasteiger charge is 2.32. The average Bonchev–Trinajstić information content (AvgIpc) is 2.93. The summed E-state index contributed by atoms with van der Waals surface area (Å²) in [6.07, 6.45) is 5.21. The fraction of sp³-hybridized carbons (Fsp3) is 0.625. The van der Waals surface area contributed by atoms with E-state index in [1.54, 1.807) is 12.1 Å². The van der Waals surface area contributed by atoms with Gasteiger partial charge in [-0.2, -0.15) is 0 Å². The van der Waals surface area contributed by atoms with Crippen molar-refractivity contribution in [3.8, 4) is 0 Å². The number of piperazine rings is 1. The number of hydrogen-bond donors (Lipinski definition) is 1. The van der Waals surface area contributed by atoms with Crippen molar-refractivity contribution in [3.05, 3.63) is 34.1 Å². The van der Waals surface area contributed by atoms with Gasteiger partial charge in [0.15, 0.2) is 0 Å². The third kappa shape index (κ3) is 4.19. The Balaban J connectivity index is 0.00000161. The fourth-order valence-electron chi connectivity index (χ4n) is 3.76. The van der Waals surface area contributed by atoms with Gasteiger partial charge >= 0.3 is 0 Å². The summed E-state index contributed by atoms with van der Waals surface area (Å²) in [6.45, 7) is 4.21. The van der Waals surface area contributed by atoms with E-state index in [-0.39, 0.29) is 18.2 Å². The lowest BCUT2D eigenvalue weighted by Crippen LogP contribution is -2.46. The van der Waals surface area contributed by atoms with Gasteiger partial charge in [-0.1, -0.05) is 28.8 Å². The molecule has 2 aliphatic rings. The van der Waals surface area contributed by atoms with Crippen molar-refractivity contribution in [2.75, 3.05) is 26.2 Å². The zero-order chi connectivity index (χ0) is 13.9. The zero-order valence-electron chi connectivity index (χ0n) is 12.2. The second kappa shape index (κ2) is 7.91. The van der Waals surface area contributed by atoms with E-state index < -0.39 is 0 Å². The zero-order valence-corrected chi connectivity index (χ0v) is 14.6. The van der Waals surface area contributed by atoms with Gasteiger partial charge in [-0.25, -0.2) is 4.39 Å². The lowest BCUT2D eigenvalue weighted by atomic mass is 9.89. The molecule has 1 heterocycles. The van der Waals surface area contributed by atoms with Gasteiger partial charge in [-0.3, -0.25) is 4.90 Å². The topological polar surface area (TPSA) is 15.3 Å². The van der Waals surface area contributed by atoms with Crippen LogP contribution in [0.5, 0.6) is 0 Å². The van der Waals surface area contributed by atoms with Gasteiger partial charge in [-0.15, -0.1) is 12.4 Å². The van der Waals surface area contributed by atoms with E-state index in [0.29, 0.717) is 12.0 Å². The maximum absolute atomic E-state index is 13.8. The number of nitrogens with zero attached hydrogens (tertiary/aromatic N) is 1. The number of hydrogen-bond acceptors (Lipinski definition) is 2. The molecular formula is C16H23BrClFN2. The van der Waals surface area contributed by atoms with Gasteiger partial charge in [0.2, 0.25) is 0 Å². The van der Waals surface area contributed by atoms with E-state index in [9.17, 15) is 4.39 Å². The Kier molecular flexibility index (Phi) is 6.48. The molecular weight excluding hydrogens is 355 g/mol. The standard InChI is InChI=1S/C16H22BrFN2.ClH/c17-14-9-13(10-15(18)11-14)16(12-3-1-2-4-12)20-7-5-19-6-8-20;/h9-12,16,19H,1-8H2;1H/t16-;/m1./s1. The summed E-state index contributed by atoms with van der Waals surface area (Å²) in [5.41, 5.74) is 1.14. The van der Waals surface area contributed by atoms with Gasteiger partial charge in [0.25, 0.3) is 0 Å². The first kappa shape index (κ1) is 17.2. The van der Waals surface area contributed by atoms with Crippen molar-refractivity contribution in [2.24, 2.45) is 5.92 Å². The van der Waals surface area contributed by atoms with Crippen molar-refractivity contribution in [2.45, 2.75) is 31.7 Å². The minimum atomic E-state index is -0.132. The number of halogens is 3. The van der Waals surface area contributed by atoms with Crippen LogP contribution >= 0.6 is 28.3 Å². The first-order valence-electron chi connectivity index (χ1n) is 7.65. The molecule has 3 rings (SSSR count). The first-order chi connectivity index (χ1) is 9.74. The Bertz CT molecular complexity index is 439. The molecule has 21 heavy (non-hydrogen) atoms. The van der Waals surface area contributed by atoms with Crippen LogP contribution in [0.15, 0.2) is 22.7 Å². The van der Waals surface area contributed by atoms with Gasteiger partial charge < -0.3 is 5.32 Å². The summed E-state index contributed by atoms with van der Waals surface area (Å²) in [6, 6.07) is 5.77. The van der Waals surface area contributed by atoms with E-state index >= 15 is 0 Å². The molecule has 1 saturated carbocycles. The summed E-state index contributed by atoms with van der Waals surface area (Å²) in [5, 5.41) is 3.41. The van der Waals surface area contributed by atoms with Crippen LogP contribution < -0.4 is 5.32 Å². The second-order valence-corrected chi connectivity index (χ2v) is 6.89. The minimum Gasteiger partial charge on any atom is -0.314 e. The quantitative estimate of drug-likeness (QED) is 0.851. The van der Waals surface area contributed by atoms with Crippen LogP contribution in [-0.4, -0.2) is 31.1 Å². The molecule has 0 amide bonds. The molecule has 2 fully saturated rings. The Hall–Kier alpha value is -0.160. The summed E-state index contributed by atoms with van der Waals surface area (Å²) >= 11 is 3.44. The van der Waals surface area contributed by atoms with Crippen molar-refractivity contribution in [1.82, 2.24) is 10.2 Å². The van der Waals surface area contributed by atoms with Gasteiger partial charge in [0, 0.05) is 36.7 Å². The maximum atomic E-state index is 13.8. The van der Waals surface area contributed by atoms with Gasteiger partial charge in [-0.05, 0) is 42.5 Å². The van der Waals surface area contributed by atoms with Crippen LogP contribution in [0.3, 0.4) is 0 Å². The van der Waals surface area contributed by atoms with Crippen molar-refractivity contribution < 1.29 is 4.39 Å². The van der Waals surface area contributed by atoms with E-state index in [2.05, 4.69) is 32.2 Å². The van der Waals surface area contributed by atoms with E-state index in [1.807, 2.05) is 0 Å². The SMILES string of the molecule is Cl.Fc1cc(Br)cc([C@@H](C2CCCC2)N2CCNCC2)c1. The number of rotatable bonds is 3.